The summed E-state index contributed by atoms with van der Waals surface area (Å²) in [6, 6.07) is 22.5. The molecular weight excluding hydrogens is 418 g/mol. The average Bonchev–Trinajstić information content (AvgIpc) is 3.23. The van der Waals surface area contributed by atoms with Crippen molar-refractivity contribution in [1.29, 1.82) is 0 Å². The predicted octanol–water partition coefficient (Wildman–Crippen LogP) is 6.11. The fraction of sp³-hybridized carbons (Fsp3) is 0.296. The summed E-state index contributed by atoms with van der Waals surface area (Å²) in [6.45, 7) is 3.59. The summed E-state index contributed by atoms with van der Waals surface area (Å²) in [5, 5.41) is 4.06. The van der Waals surface area contributed by atoms with Crippen LogP contribution in [0.3, 0.4) is 0 Å². The molecule has 2 N–H and O–H groups in total. The van der Waals surface area contributed by atoms with Crippen molar-refractivity contribution in [3.8, 4) is 5.75 Å². The first-order valence-corrected chi connectivity index (χ1v) is 11.5. The summed E-state index contributed by atoms with van der Waals surface area (Å²) in [7, 11) is 2.03. The maximum atomic E-state index is 5.94. The quantitative estimate of drug-likeness (QED) is 0.308. The number of aromatic nitrogens is 2. The molecule has 0 aliphatic heterocycles. The lowest BCUT2D eigenvalue weighted by Crippen LogP contribution is -2.21. The van der Waals surface area contributed by atoms with Gasteiger partial charge in [-0.1, -0.05) is 48.0 Å². The van der Waals surface area contributed by atoms with E-state index in [4.69, 9.17) is 21.3 Å². The van der Waals surface area contributed by atoms with Crippen LogP contribution in [0.4, 0.5) is 0 Å². The highest BCUT2D eigenvalue weighted by Crippen LogP contribution is 2.24. The van der Waals surface area contributed by atoms with Gasteiger partial charge in [-0.25, -0.2) is 4.98 Å². The van der Waals surface area contributed by atoms with Crippen molar-refractivity contribution < 1.29 is 4.74 Å². The van der Waals surface area contributed by atoms with Gasteiger partial charge in [0.2, 0.25) is 0 Å². The first-order valence-electron chi connectivity index (χ1n) is 11.2. The van der Waals surface area contributed by atoms with Crippen molar-refractivity contribution >= 4 is 22.6 Å². The van der Waals surface area contributed by atoms with E-state index in [0.29, 0.717) is 17.5 Å². The number of nitrogens with zero attached hydrogens (tertiary/aromatic N) is 1. The Balaban J connectivity index is 1.42. The average molecular weight is 448 g/mol. The standard InChI is InChI=1S/C27H30ClN3O/c1-19-22(9-8-21(17-29-2)16-20-6-4-3-5-7-20)10-15-25-27(19)31-26(30-25)18-32-24-13-11-23(28)12-14-24/h3-7,10-15,21,29H,8-9,16-18H2,1-2H3,(H,30,31). The number of aryl methyl sites for hydroxylation is 2. The predicted molar refractivity (Wildman–Crippen MR) is 132 cm³/mol. The lowest BCUT2D eigenvalue weighted by Gasteiger charge is -2.17. The van der Waals surface area contributed by atoms with Gasteiger partial charge in [-0.15, -0.1) is 0 Å². The molecule has 166 valence electrons. The molecule has 0 bridgehead atoms. The second kappa shape index (κ2) is 10.7. The van der Waals surface area contributed by atoms with E-state index < -0.39 is 0 Å². The van der Waals surface area contributed by atoms with Crippen LogP contribution in [0, 0.1) is 12.8 Å². The molecule has 0 saturated heterocycles. The number of hydrogen-bond acceptors (Lipinski definition) is 3. The summed E-state index contributed by atoms with van der Waals surface area (Å²) >= 11 is 5.94. The molecule has 3 aromatic carbocycles. The van der Waals surface area contributed by atoms with Crippen LogP contribution in [0.15, 0.2) is 66.7 Å². The number of hydrogen-bond donors (Lipinski definition) is 2. The lowest BCUT2D eigenvalue weighted by molar-refractivity contribution is 0.297. The Kier molecular flexibility index (Phi) is 7.46. The zero-order valence-electron chi connectivity index (χ0n) is 18.7. The molecule has 0 saturated carbocycles. The van der Waals surface area contributed by atoms with Gasteiger partial charge in [0.15, 0.2) is 0 Å². The van der Waals surface area contributed by atoms with Crippen LogP contribution in [0.2, 0.25) is 5.02 Å². The topological polar surface area (TPSA) is 49.9 Å². The van der Waals surface area contributed by atoms with Crippen molar-refractivity contribution in [3.05, 3.63) is 94.3 Å². The summed E-state index contributed by atoms with van der Waals surface area (Å²) in [5.74, 6) is 2.20. The third kappa shape index (κ3) is 5.70. The van der Waals surface area contributed by atoms with E-state index in [0.717, 1.165) is 48.4 Å². The summed E-state index contributed by atoms with van der Waals surface area (Å²) < 4.78 is 5.85. The molecule has 0 spiro atoms. The number of halogens is 1. The lowest BCUT2D eigenvalue weighted by atomic mass is 9.91. The van der Waals surface area contributed by atoms with E-state index >= 15 is 0 Å². The number of H-pyrrole nitrogens is 1. The van der Waals surface area contributed by atoms with Crippen molar-refractivity contribution in [3.63, 3.8) is 0 Å². The van der Waals surface area contributed by atoms with Crippen LogP contribution >= 0.6 is 11.6 Å². The number of nitrogens with one attached hydrogen (secondary N) is 2. The number of imidazole rings is 1. The third-order valence-corrected chi connectivity index (χ3v) is 6.19. The Morgan fingerprint density at radius 1 is 1.03 bits per heavy atom. The minimum absolute atomic E-state index is 0.395. The number of rotatable bonds is 10. The van der Waals surface area contributed by atoms with Gasteiger partial charge in [-0.05, 0) is 92.7 Å². The first kappa shape index (κ1) is 22.4. The molecule has 0 aliphatic rings. The Morgan fingerprint density at radius 3 is 2.56 bits per heavy atom. The van der Waals surface area contributed by atoms with E-state index in [-0.39, 0.29) is 0 Å². The second-order valence-electron chi connectivity index (χ2n) is 8.32. The zero-order valence-corrected chi connectivity index (χ0v) is 19.5. The van der Waals surface area contributed by atoms with E-state index in [2.05, 4.69) is 59.7 Å². The van der Waals surface area contributed by atoms with Crippen molar-refractivity contribution in [2.75, 3.05) is 13.6 Å². The molecule has 4 nitrogen and oxygen atoms in total. The molecule has 0 fully saturated rings. The minimum Gasteiger partial charge on any atom is -0.486 e. The SMILES string of the molecule is CNCC(CCc1ccc2[nH]c(COc3ccc(Cl)cc3)nc2c1C)Cc1ccccc1. The van der Waals surface area contributed by atoms with Crippen LogP contribution in [-0.4, -0.2) is 23.6 Å². The van der Waals surface area contributed by atoms with Gasteiger partial charge in [0.25, 0.3) is 0 Å². The number of ether oxygens (including phenoxy) is 1. The van der Waals surface area contributed by atoms with Crippen molar-refractivity contribution in [1.82, 2.24) is 15.3 Å². The van der Waals surface area contributed by atoms with Crippen molar-refractivity contribution in [2.45, 2.75) is 32.8 Å². The van der Waals surface area contributed by atoms with Gasteiger partial charge in [-0.2, -0.15) is 0 Å². The summed E-state index contributed by atoms with van der Waals surface area (Å²) in [6.07, 6.45) is 3.28. The third-order valence-electron chi connectivity index (χ3n) is 5.94. The van der Waals surface area contributed by atoms with Gasteiger partial charge in [0.05, 0.1) is 11.0 Å². The van der Waals surface area contributed by atoms with Crippen LogP contribution in [-0.2, 0) is 19.4 Å². The van der Waals surface area contributed by atoms with Crippen LogP contribution < -0.4 is 10.1 Å². The number of fused-ring (bicyclic) bond motifs is 1. The highest BCUT2D eigenvalue weighted by atomic mass is 35.5. The van der Waals surface area contributed by atoms with E-state index in [1.54, 1.807) is 0 Å². The maximum Gasteiger partial charge on any atom is 0.146 e. The van der Waals surface area contributed by atoms with Crippen LogP contribution in [0.25, 0.3) is 11.0 Å². The van der Waals surface area contributed by atoms with Crippen molar-refractivity contribution in [2.24, 2.45) is 5.92 Å². The van der Waals surface area contributed by atoms with E-state index in [1.165, 1.54) is 16.7 Å². The zero-order chi connectivity index (χ0) is 22.3. The molecule has 1 aromatic heterocycles. The van der Waals surface area contributed by atoms with Crippen LogP contribution in [0.5, 0.6) is 5.75 Å². The summed E-state index contributed by atoms with van der Waals surface area (Å²) in [4.78, 5) is 8.21. The molecule has 0 aliphatic carbocycles. The van der Waals surface area contributed by atoms with Gasteiger partial charge < -0.3 is 15.0 Å². The molecule has 4 aromatic rings. The molecule has 1 atom stereocenters. The summed E-state index contributed by atoms with van der Waals surface area (Å²) in [5.41, 5.74) is 6.10. The molecule has 1 unspecified atom stereocenters. The Morgan fingerprint density at radius 2 is 1.81 bits per heavy atom. The Labute approximate surface area is 195 Å². The smallest absolute Gasteiger partial charge is 0.146 e. The van der Waals surface area contributed by atoms with E-state index in [9.17, 15) is 0 Å². The van der Waals surface area contributed by atoms with E-state index in [1.807, 2.05) is 31.3 Å². The maximum absolute atomic E-state index is 5.94. The van der Waals surface area contributed by atoms with Gasteiger partial charge in [0.1, 0.15) is 18.2 Å². The normalized spacial score (nSPS) is 12.2. The Bertz CT molecular complexity index is 1140. The number of benzene rings is 3. The molecule has 5 heteroatoms. The molecule has 0 radical (unpaired) electrons. The second-order valence-corrected chi connectivity index (χ2v) is 8.76. The molecule has 4 rings (SSSR count). The molecular formula is C27H30ClN3O. The fourth-order valence-electron chi connectivity index (χ4n) is 4.20. The fourth-order valence-corrected chi connectivity index (χ4v) is 4.32. The van der Waals surface area contributed by atoms with Gasteiger partial charge in [-0.3, -0.25) is 0 Å². The van der Waals surface area contributed by atoms with Gasteiger partial charge >= 0.3 is 0 Å². The highest BCUT2D eigenvalue weighted by molar-refractivity contribution is 6.30. The molecule has 32 heavy (non-hydrogen) atoms. The molecule has 1 heterocycles. The monoisotopic (exact) mass is 447 g/mol. The van der Waals surface area contributed by atoms with Gasteiger partial charge in [0, 0.05) is 5.02 Å². The first-order chi connectivity index (χ1) is 15.6. The number of aromatic amines is 1. The highest BCUT2D eigenvalue weighted by Gasteiger charge is 2.13. The Hall–Kier alpha value is -2.82. The minimum atomic E-state index is 0.395. The van der Waals surface area contributed by atoms with Crippen LogP contribution in [0.1, 0.15) is 28.9 Å². The molecule has 0 amide bonds. The largest absolute Gasteiger partial charge is 0.486 e.